The van der Waals surface area contributed by atoms with Gasteiger partial charge in [0.1, 0.15) is 5.75 Å². The molecule has 0 N–H and O–H groups in total. The quantitative estimate of drug-likeness (QED) is 0.338. The van der Waals surface area contributed by atoms with E-state index in [9.17, 15) is 0 Å². The summed E-state index contributed by atoms with van der Waals surface area (Å²) in [5, 5.41) is 0. The second-order valence-electron chi connectivity index (χ2n) is 6.53. The summed E-state index contributed by atoms with van der Waals surface area (Å²) in [4.78, 5) is 0. The third-order valence-electron chi connectivity index (χ3n) is 4.24. The summed E-state index contributed by atoms with van der Waals surface area (Å²) < 4.78 is 38.7. The summed E-state index contributed by atoms with van der Waals surface area (Å²) in [5.74, 6) is 0.815. The molecule has 1 fully saturated rings. The van der Waals surface area contributed by atoms with E-state index in [1.54, 1.807) is 14.2 Å². The zero-order valence-electron chi connectivity index (χ0n) is 17.0. The Kier molecular flexibility index (Phi) is 10.3. The fourth-order valence-electron chi connectivity index (χ4n) is 2.80. The predicted molar refractivity (Wildman–Crippen MR) is 110 cm³/mol. The molecule has 0 amide bonds. The number of rotatable bonds is 13. The van der Waals surface area contributed by atoms with Crippen molar-refractivity contribution in [3.8, 4) is 5.75 Å². The van der Waals surface area contributed by atoms with E-state index in [1.807, 2.05) is 31.2 Å². The maximum atomic E-state index is 5.99. The van der Waals surface area contributed by atoms with E-state index < -0.39 is 6.72 Å². The van der Waals surface area contributed by atoms with Crippen LogP contribution in [0.1, 0.15) is 38.0 Å². The van der Waals surface area contributed by atoms with Crippen LogP contribution in [0, 0.1) is 0 Å². The van der Waals surface area contributed by atoms with Gasteiger partial charge >= 0.3 is 6.72 Å². The molecule has 4 atom stereocenters. The topological polar surface area (TPSA) is 64.6 Å². The minimum absolute atomic E-state index is 0.0792. The van der Waals surface area contributed by atoms with Gasteiger partial charge in [0, 0.05) is 19.8 Å². The molecule has 1 aromatic carbocycles. The highest BCUT2D eigenvalue weighted by atomic mass is 32.5. The third kappa shape index (κ3) is 7.69. The summed E-state index contributed by atoms with van der Waals surface area (Å²) in [7, 11) is 4.78. The molecule has 7 nitrogen and oxygen atoms in total. The molecule has 4 unspecified atom stereocenters. The first-order valence-corrected chi connectivity index (χ1v) is 11.9. The van der Waals surface area contributed by atoms with Crippen molar-refractivity contribution < 1.29 is 32.5 Å². The SMILES string of the molecule is COCC(C)OP(=S)(OC)OCCCCC1COC(c2ccc(OC)cc2)O1. The van der Waals surface area contributed by atoms with Crippen molar-refractivity contribution in [1.29, 1.82) is 0 Å². The molecule has 0 radical (unpaired) electrons. The van der Waals surface area contributed by atoms with E-state index in [0.29, 0.717) is 19.8 Å². The Labute approximate surface area is 172 Å². The minimum atomic E-state index is -2.72. The van der Waals surface area contributed by atoms with Crippen molar-refractivity contribution in [1.82, 2.24) is 0 Å². The molecule has 1 saturated heterocycles. The van der Waals surface area contributed by atoms with E-state index >= 15 is 0 Å². The van der Waals surface area contributed by atoms with E-state index in [2.05, 4.69) is 0 Å². The molecule has 28 heavy (non-hydrogen) atoms. The van der Waals surface area contributed by atoms with Crippen LogP contribution in [0.25, 0.3) is 0 Å². The lowest BCUT2D eigenvalue weighted by Gasteiger charge is -2.23. The average molecular weight is 434 g/mol. The zero-order valence-corrected chi connectivity index (χ0v) is 18.7. The van der Waals surface area contributed by atoms with Gasteiger partial charge in [-0.15, -0.1) is 0 Å². The highest BCUT2D eigenvalue weighted by Gasteiger charge is 2.27. The number of ether oxygens (including phenoxy) is 4. The Morgan fingerprint density at radius 2 is 1.93 bits per heavy atom. The Bertz CT molecular complexity index is 613. The van der Waals surface area contributed by atoms with Crippen LogP contribution in [0.5, 0.6) is 5.75 Å². The van der Waals surface area contributed by atoms with Crippen LogP contribution < -0.4 is 4.74 Å². The maximum absolute atomic E-state index is 5.99. The van der Waals surface area contributed by atoms with Gasteiger partial charge in [-0.1, -0.05) is 12.1 Å². The smallest absolute Gasteiger partial charge is 0.327 e. The molecular weight excluding hydrogens is 403 g/mol. The molecule has 9 heteroatoms. The molecule has 1 aliphatic rings. The second-order valence-corrected chi connectivity index (χ2v) is 9.60. The number of hydrogen-bond donors (Lipinski definition) is 0. The van der Waals surface area contributed by atoms with Gasteiger partial charge < -0.3 is 32.5 Å². The maximum Gasteiger partial charge on any atom is 0.327 e. The average Bonchev–Trinajstić information content (AvgIpc) is 3.17. The van der Waals surface area contributed by atoms with Crippen molar-refractivity contribution in [3.63, 3.8) is 0 Å². The summed E-state index contributed by atoms with van der Waals surface area (Å²) in [6, 6.07) is 7.73. The summed E-state index contributed by atoms with van der Waals surface area (Å²) in [5.41, 5.74) is 0.995. The zero-order chi connectivity index (χ0) is 20.4. The molecule has 2 rings (SSSR count). The van der Waals surface area contributed by atoms with Crippen molar-refractivity contribution in [2.45, 2.75) is 44.7 Å². The van der Waals surface area contributed by atoms with Crippen molar-refractivity contribution in [2.75, 3.05) is 41.2 Å². The fourth-order valence-corrected chi connectivity index (χ4v) is 4.57. The number of benzene rings is 1. The van der Waals surface area contributed by atoms with Crippen molar-refractivity contribution >= 4 is 18.5 Å². The van der Waals surface area contributed by atoms with Crippen LogP contribution in [-0.2, 0) is 39.6 Å². The van der Waals surface area contributed by atoms with Crippen LogP contribution in [0.3, 0.4) is 0 Å². The summed E-state index contributed by atoms with van der Waals surface area (Å²) >= 11 is 5.37. The fraction of sp³-hybridized carbons (Fsp3) is 0.684. The predicted octanol–water partition coefficient (Wildman–Crippen LogP) is 4.22. The lowest BCUT2D eigenvalue weighted by atomic mass is 10.2. The highest BCUT2D eigenvalue weighted by molar-refractivity contribution is 8.07. The monoisotopic (exact) mass is 434 g/mol. The van der Waals surface area contributed by atoms with Gasteiger partial charge in [0.2, 0.25) is 0 Å². The lowest BCUT2D eigenvalue weighted by molar-refractivity contribution is -0.0614. The minimum Gasteiger partial charge on any atom is -0.497 e. The van der Waals surface area contributed by atoms with E-state index in [4.69, 9.17) is 44.3 Å². The highest BCUT2D eigenvalue weighted by Crippen LogP contribution is 2.50. The van der Waals surface area contributed by atoms with Crippen LogP contribution in [0.2, 0.25) is 0 Å². The van der Waals surface area contributed by atoms with E-state index in [0.717, 1.165) is 30.6 Å². The normalized spacial score (nSPS) is 22.7. The number of hydrogen-bond acceptors (Lipinski definition) is 8. The van der Waals surface area contributed by atoms with Crippen molar-refractivity contribution in [3.05, 3.63) is 29.8 Å². The molecule has 1 aromatic rings. The van der Waals surface area contributed by atoms with Crippen LogP contribution in [0.4, 0.5) is 0 Å². The van der Waals surface area contributed by atoms with Gasteiger partial charge in [-0.2, -0.15) is 0 Å². The standard InChI is InChI=1S/C19H31O7PS/c1-15(13-20-2)26-27(28,22-4)24-12-6-5-7-18-14-23-19(25-18)16-8-10-17(21-3)11-9-16/h8-11,15,18-19H,5-7,12-14H2,1-4H3. The Morgan fingerprint density at radius 1 is 1.18 bits per heavy atom. The van der Waals surface area contributed by atoms with Gasteiger partial charge in [0.15, 0.2) is 6.29 Å². The summed E-state index contributed by atoms with van der Waals surface area (Å²) in [6.07, 6.45) is 2.27. The van der Waals surface area contributed by atoms with Crippen molar-refractivity contribution in [2.24, 2.45) is 0 Å². The van der Waals surface area contributed by atoms with Gasteiger partial charge in [0.25, 0.3) is 0 Å². The Balaban J connectivity index is 1.65. The molecule has 0 aromatic heterocycles. The Morgan fingerprint density at radius 3 is 2.57 bits per heavy atom. The molecule has 160 valence electrons. The van der Waals surface area contributed by atoms with Crippen LogP contribution in [-0.4, -0.2) is 53.4 Å². The van der Waals surface area contributed by atoms with E-state index in [1.165, 1.54) is 7.11 Å². The molecule has 0 bridgehead atoms. The number of unbranched alkanes of at least 4 members (excludes halogenated alkanes) is 1. The molecule has 0 saturated carbocycles. The van der Waals surface area contributed by atoms with Gasteiger partial charge in [-0.05, 0) is 50.1 Å². The van der Waals surface area contributed by atoms with Crippen LogP contribution in [0.15, 0.2) is 24.3 Å². The van der Waals surface area contributed by atoms with E-state index in [-0.39, 0.29) is 18.5 Å². The lowest BCUT2D eigenvalue weighted by Crippen LogP contribution is -2.15. The molecular formula is C19H31O7PS. The van der Waals surface area contributed by atoms with Gasteiger partial charge in [0.05, 0.1) is 39.1 Å². The first-order valence-electron chi connectivity index (χ1n) is 9.38. The van der Waals surface area contributed by atoms with Gasteiger partial charge in [-0.25, -0.2) is 0 Å². The van der Waals surface area contributed by atoms with Gasteiger partial charge in [-0.3, -0.25) is 0 Å². The first-order chi connectivity index (χ1) is 13.5. The molecule has 1 heterocycles. The molecule has 1 aliphatic heterocycles. The van der Waals surface area contributed by atoms with Crippen LogP contribution >= 0.6 is 6.72 Å². The second kappa shape index (κ2) is 12.2. The molecule has 0 spiro atoms. The largest absolute Gasteiger partial charge is 0.497 e. The number of methoxy groups -OCH3 is 2. The molecule has 0 aliphatic carbocycles. The summed E-state index contributed by atoms with van der Waals surface area (Å²) in [6.45, 7) is 0.676. The third-order valence-corrected chi connectivity index (χ3v) is 6.83. The first kappa shape index (κ1) is 23.7. The Hall–Kier alpha value is -0.570.